The Kier molecular flexibility index (Phi) is 6.49. The topological polar surface area (TPSA) is 70.2 Å². The Labute approximate surface area is 167 Å². The molecule has 0 atom stereocenters. The number of rotatable bonds is 5. The van der Waals surface area contributed by atoms with Gasteiger partial charge in [0, 0.05) is 16.9 Å². The molecule has 5 nitrogen and oxygen atoms in total. The van der Waals surface area contributed by atoms with Crippen LogP contribution in [0.25, 0.3) is 0 Å². The van der Waals surface area contributed by atoms with Crippen molar-refractivity contribution in [2.45, 2.75) is 52.5 Å². The largest absolute Gasteiger partial charge is 0.376 e. The molecule has 0 heterocycles. The van der Waals surface area contributed by atoms with E-state index in [2.05, 4.69) is 36.7 Å². The van der Waals surface area contributed by atoms with Crippen LogP contribution in [0, 0.1) is 0 Å². The van der Waals surface area contributed by atoms with Crippen LogP contribution in [-0.2, 0) is 10.2 Å². The summed E-state index contributed by atoms with van der Waals surface area (Å²) in [6, 6.07) is 15.0. The minimum Gasteiger partial charge on any atom is -0.376 e. The number of carbonyl (C=O) groups excluding carboxylic acids is 2. The molecular formula is C23H31N3O2. The summed E-state index contributed by atoms with van der Waals surface area (Å²) < 4.78 is 0. The molecule has 0 aliphatic heterocycles. The van der Waals surface area contributed by atoms with Gasteiger partial charge in [0.1, 0.15) is 0 Å². The summed E-state index contributed by atoms with van der Waals surface area (Å²) in [6.07, 6.45) is 0. The molecule has 0 aliphatic carbocycles. The molecule has 0 spiro atoms. The van der Waals surface area contributed by atoms with Gasteiger partial charge in [0.25, 0.3) is 5.91 Å². The summed E-state index contributed by atoms with van der Waals surface area (Å²) in [5.74, 6) is -0.344. The normalized spacial score (nSPS) is 11.6. The van der Waals surface area contributed by atoms with Crippen molar-refractivity contribution in [2.75, 3.05) is 17.2 Å². The molecule has 2 amide bonds. The Morgan fingerprint density at radius 3 is 2.04 bits per heavy atom. The molecule has 0 fully saturated rings. The molecule has 150 valence electrons. The molecule has 0 radical (unpaired) electrons. The van der Waals surface area contributed by atoms with Gasteiger partial charge in [-0.15, -0.1) is 0 Å². The quantitative estimate of drug-likeness (QED) is 0.711. The zero-order chi connectivity index (χ0) is 20.9. The van der Waals surface area contributed by atoms with E-state index in [0.717, 1.165) is 5.69 Å². The van der Waals surface area contributed by atoms with Crippen LogP contribution in [0.3, 0.4) is 0 Å². The van der Waals surface area contributed by atoms with Crippen molar-refractivity contribution in [1.29, 1.82) is 0 Å². The second-order valence-electron chi connectivity index (χ2n) is 8.98. The number of carbonyl (C=O) groups is 2. The van der Waals surface area contributed by atoms with E-state index < -0.39 is 0 Å². The fourth-order valence-electron chi connectivity index (χ4n) is 2.68. The van der Waals surface area contributed by atoms with Gasteiger partial charge in [0.05, 0.1) is 12.1 Å². The molecule has 2 aromatic rings. The third-order valence-electron chi connectivity index (χ3n) is 4.13. The number of hydrogen-bond acceptors (Lipinski definition) is 3. The number of anilines is 2. The van der Waals surface area contributed by atoms with Gasteiger partial charge in [0.2, 0.25) is 5.91 Å². The van der Waals surface area contributed by atoms with E-state index in [4.69, 9.17) is 0 Å². The highest BCUT2D eigenvalue weighted by atomic mass is 16.2. The molecule has 28 heavy (non-hydrogen) atoms. The lowest BCUT2D eigenvalue weighted by atomic mass is 9.87. The van der Waals surface area contributed by atoms with Crippen molar-refractivity contribution >= 4 is 23.2 Å². The number of benzene rings is 2. The molecule has 3 N–H and O–H groups in total. The second-order valence-corrected chi connectivity index (χ2v) is 8.98. The third kappa shape index (κ3) is 6.41. The highest BCUT2D eigenvalue weighted by Crippen LogP contribution is 2.23. The number of para-hydroxylation sites is 1. The Hall–Kier alpha value is -2.82. The van der Waals surface area contributed by atoms with Crippen LogP contribution < -0.4 is 16.0 Å². The van der Waals surface area contributed by atoms with Crippen LogP contribution in [0.1, 0.15) is 57.5 Å². The van der Waals surface area contributed by atoms with E-state index in [0.29, 0.717) is 11.3 Å². The van der Waals surface area contributed by atoms with E-state index in [1.807, 2.05) is 51.1 Å². The summed E-state index contributed by atoms with van der Waals surface area (Å²) in [7, 11) is 0. The molecule has 0 saturated heterocycles. The Morgan fingerprint density at radius 2 is 1.46 bits per heavy atom. The first-order valence-corrected chi connectivity index (χ1v) is 9.51. The zero-order valence-corrected chi connectivity index (χ0v) is 17.6. The first-order valence-electron chi connectivity index (χ1n) is 9.51. The minimum atomic E-state index is -0.333. The van der Waals surface area contributed by atoms with Crippen LogP contribution in [0.15, 0.2) is 48.5 Å². The summed E-state index contributed by atoms with van der Waals surface area (Å²) in [6.45, 7) is 12.3. The molecule has 0 bridgehead atoms. The summed E-state index contributed by atoms with van der Waals surface area (Å²) in [4.78, 5) is 24.8. The van der Waals surface area contributed by atoms with Crippen LogP contribution >= 0.6 is 0 Å². The highest BCUT2D eigenvalue weighted by molar-refractivity contribution is 6.01. The van der Waals surface area contributed by atoms with Crippen LogP contribution in [0.2, 0.25) is 0 Å². The average Bonchev–Trinajstić information content (AvgIpc) is 2.58. The van der Waals surface area contributed by atoms with E-state index in [1.165, 1.54) is 5.56 Å². The molecule has 0 saturated carbocycles. The van der Waals surface area contributed by atoms with E-state index >= 15 is 0 Å². The number of hydrogen-bond donors (Lipinski definition) is 3. The second kappa shape index (κ2) is 8.46. The van der Waals surface area contributed by atoms with Gasteiger partial charge in [-0.1, -0.05) is 45.0 Å². The monoisotopic (exact) mass is 381 g/mol. The van der Waals surface area contributed by atoms with Crippen LogP contribution in [0.4, 0.5) is 11.4 Å². The van der Waals surface area contributed by atoms with Crippen LogP contribution in [-0.4, -0.2) is 23.9 Å². The molecule has 0 aliphatic rings. The van der Waals surface area contributed by atoms with Gasteiger partial charge in [-0.25, -0.2) is 0 Å². The van der Waals surface area contributed by atoms with E-state index in [1.54, 1.807) is 18.2 Å². The predicted octanol–water partition coefficient (Wildman–Crippen LogP) is 4.56. The lowest BCUT2D eigenvalue weighted by Crippen LogP contribution is -2.40. The van der Waals surface area contributed by atoms with Crippen molar-refractivity contribution in [3.63, 3.8) is 0 Å². The van der Waals surface area contributed by atoms with Crippen molar-refractivity contribution < 1.29 is 9.59 Å². The van der Waals surface area contributed by atoms with E-state index in [9.17, 15) is 9.59 Å². The highest BCUT2D eigenvalue weighted by Gasteiger charge is 2.18. The Morgan fingerprint density at radius 1 is 0.857 bits per heavy atom. The Balaban J connectivity index is 1.99. The van der Waals surface area contributed by atoms with Crippen molar-refractivity contribution in [1.82, 2.24) is 5.32 Å². The van der Waals surface area contributed by atoms with Gasteiger partial charge in [-0.2, -0.15) is 0 Å². The van der Waals surface area contributed by atoms with Crippen LogP contribution in [0.5, 0.6) is 0 Å². The molecule has 5 heteroatoms. The predicted molar refractivity (Wildman–Crippen MR) is 116 cm³/mol. The van der Waals surface area contributed by atoms with Gasteiger partial charge in [0.15, 0.2) is 0 Å². The fourth-order valence-corrected chi connectivity index (χ4v) is 2.68. The van der Waals surface area contributed by atoms with Gasteiger partial charge < -0.3 is 16.0 Å². The molecule has 2 rings (SSSR count). The minimum absolute atomic E-state index is 0.0703. The van der Waals surface area contributed by atoms with Gasteiger partial charge >= 0.3 is 0 Å². The van der Waals surface area contributed by atoms with Crippen molar-refractivity contribution in [2.24, 2.45) is 0 Å². The Bertz CT molecular complexity index is 828. The average molecular weight is 382 g/mol. The van der Waals surface area contributed by atoms with Crippen molar-refractivity contribution in [3.8, 4) is 0 Å². The van der Waals surface area contributed by atoms with Gasteiger partial charge in [-0.05, 0) is 56.0 Å². The lowest BCUT2D eigenvalue weighted by molar-refractivity contribution is -0.114. The maximum absolute atomic E-state index is 12.5. The first kappa shape index (κ1) is 21.5. The summed E-state index contributed by atoms with van der Waals surface area (Å²) >= 11 is 0. The standard InChI is InChI=1S/C23H31N3O2/c1-22(2,3)16-11-13-17(14-12-16)25-20(27)15-24-19-10-8-7-9-18(19)21(28)26-23(4,5)6/h7-14,24H,15H2,1-6H3,(H,25,27)(H,26,28). The van der Waals surface area contributed by atoms with Gasteiger partial charge in [-0.3, -0.25) is 9.59 Å². The maximum atomic E-state index is 12.5. The lowest BCUT2D eigenvalue weighted by Gasteiger charge is -2.21. The number of amides is 2. The zero-order valence-electron chi connectivity index (χ0n) is 17.6. The van der Waals surface area contributed by atoms with Crippen molar-refractivity contribution in [3.05, 3.63) is 59.7 Å². The summed E-state index contributed by atoms with van der Waals surface area (Å²) in [5, 5.41) is 8.88. The summed E-state index contributed by atoms with van der Waals surface area (Å²) in [5.41, 5.74) is 2.84. The maximum Gasteiger partial charge on any atom is 0.253 e. The third-order valence-corrected chi connectivity index (χ3v) is 4.13. The molecule has 0 unspecified atom stereocenters. The molecule has 2 aromatic carbocycles. The first-order chi connectivity index (χ1) is 13.0. The molecular weight excluding hydrogens is 350 g/mol. The smallest absolute Gasteiger partial charge is 0.253 e. The van der Waals surface area contributed by atoms with E-state index in [-0.39, 0.29) is 29.3 Å². The molecule has 0 aromatic heterocycles. The fraction of sp³-hybridized carbons (Fsp3) is 0.391. The number of nitrogens with one attached hydrogen (secondary N) is 3. The SMILES string of the molecule is CC(C)(C)NC(=O)c1ccccc1NCC(=O)Nc1ccc(C(C)(C)C)cc1.